The molecule has 0 bridgehead atoms. The van der Waals surface area contributed by atoms with Gasteiger partial charge in [0.05, 0.1) is 21.7 Å². The molecule has 0 aromatic heterocycles. The number of benzene rings is 2. The van der Waals surface area contributed by atoms with Gasteiger partial charge in [-0.25, -0.2) is 16.1 Å². The van der Waals surface area contributed by atoms with Crippen LogP contribution >= 0.6 is 0 Å². The molecule has 170 valence electrons. The Morgan fingerprint density at radius 1 is 0.935 bits per heavy atom. The van der Waals surface area contributed by atoms with Gasteiger partial charge < -0.3 is 18.0 Å². The maximum atomic E-state index is 12.7. The normalized spacial score (nSPS) is 13.3. The van der Waals surface area contributed by atoms with Crippen LogP contribution in [0.4, 0.5) is 10.5 Å². The molecule has 0 fully saturated rings. The fraction of sp³-hybridized carbons (Fsp3) is 0. The second-order valence-electron chi connectivity index (χ2n) is 5.71. The van der Waals surface area contributed by atoms with Crippen molar-refractivity contribution in [2.45, 2.75) is 9.79 Å². The molecule has 3 rings (SSSR count). The SMILES string of the molecule is N.N.NNC(=O)NN1C(=O)c2cc(S(=O)(=O)O)cc3c(N)c(S(=O)(=O)O)cc(c23)C1=O. The zero-order valence-electron chi connectivity index (χ0n) is 15.3. The lowest BCUT2D eigenvalue weighted by Crippen LogP contribution is -2.55. The molecular formula is C13H17N7O9S2. The summed E-state index contributed by atoms with van der Waals surface area (Å²) in [7, 11) is -9.89. The topological polar surface area (TPSA) is 309 Å². The second-order valence-corrected chi connectivity index (χ2v) is 8.52. The van der Waals surface area contributed by atoms with Crippen LogP contribution in [0.5, 0.6) is 0 Å². The fourth-order valence-electron chi connectivity index (χ4n) is 2.80. The molecule has 18 heteroatoms. The van der Waals surface area contributed by atoms with E-state index in [1.807, 2.05) is 0 Å². The number of imide groups is 1. The highest BCUT2D eigenvalue weighted by Crippen LogP contribution is 2.38. The number of hydrazine groups is 2. The Morgan fingerprint density at radius 3 is 1.90 bits per heavy atom. The lowest BCUT2D eigenvalue weighted by molar-refractivity contribution is 0.0541. The summed E-state index contributed by atoms with van der Waals surface area (Å²) in [6, 6.07) is 0.894. The number of nitrogens with two attached hydrogens (primary N) is 2. The van der Waals surface area contributed by atoms with E-state index >= 15 is 0 Å². The van der Waals surface area contributed by atoms with E-state index in [0.717, 1.165) is 6.07 Å². The van der Waals surface area contributed by atoms with Gasteiger partial charge in [-0.3, -0.25) is 24.1 Å². The van der Waals surface area contributed by atoms with E-state index in [2.05, 4.69) is 0 Å². The summed E-state index contributed by atoms with van der Waals surface area (Å²) < 4.78 is 65.2. The molecule has 1 aliphatic rings. The van der Waals surface area contributed by atoms with Crippen molar-refractivity contribution in [3.8, 4) is 0 Å². The van der Waals surface area contributed by atoms with Gasteiger partial charge in [0, 0.05) is 10.8 Å². The Morgan fingerprint density at radius 2 is 1.45 bits per heavy atom. The van der Waals surface area contributed by atoms with Crippen LogP contribution in [0.3, 0.4) is 0 Å². The molecule has 0 atom stereocenters. The van der Waals surface area contributed by atoms with Gasteiger partial charge >= 0.3 is 6.03 Å². The number of rotatable bonds is 3. The molecule has 2 aromatic carbocycles. The molecule has 14 N–H and O–H groups in total. The fourth-order valence-corrected chi connectivity index (χ4v) is 3.99. The van der Waals surface area contributed by atoms with Crippen molar-refractivity contribution in [3.63, 3.8) is 0 Å². The van der Waals surface area contributed by atoms with E-state index in [1.54, 1.807) is 10.9 Å². The predicted octanol–water partition coefficient (Wildman–Crippen LogP) is -1.08. The summed E-state index contributed by atoms with van der Waals surface area (Å²) in [5, 5.41) is -0.523. The van der Waals surface area contributed by atoms with Gasteiger partial charge in [-0.15, -0.1) is 0 Å². The van der Waals surface area contributed by atoms with E-state index in [0.29, 0.717) is 12.1 Å². The highest BCUT2D eigenvalue weighted by atomic mass is 32.2. The van der Waals surface area contributed by atoms with Crippen molar-refractivity contribution in [2.75, 3.05) is 5.73 Å². The van der Waals surface area contributed by atoms with Gasteiger partial charge in [0.25, 0.3) is 32.1 Å². The second kappa shape index (κ2) is 8.03. The number of amides is 4. The van der Waals surface area contributed by atoms with Crippen LogP contribution in [0, 0.1) is 0 Å². The molecule has 31 heavy (non-hydrogen) atoms. The first-order valence-electron chi connectivity index (χ1n) is 7.28. The van der Waals surface area contributed by atoms with Crippen molar-refractivity contribution in [1.29, 1.82) is 0 Å². The quantitative estimate of drug-likeness (QED) is 0.0649. The smallest absolute Gasteiger partial charge is 0.348 e. The standard InChI is InChI=1S/C13H11N5O9S2.2H3N/c14-10-5-1-4(28(22,23)24)2-6-9(5)7(3-8(10)29(25,26)27)12(20)18(11(6)19)17-13(21)16-15;;/h1-3H,14-15H2,(H2,16,17,21)(H,22,23,24)(H,25,26,27);2*1H3. The third-order valence-corrected chi connectivity index (χ3v) is 5.72. The molecule has 0 saturated carbocycles. The van der Waals surface area contributed by atoms with E-state index in [4.69, 9.17) is 11.6 Å². The number of anilines is 1. The predicted molar refractivity (Wildman–Crippen MR) is 104 cm³/mol. The van der Waals surface area contributed by atoms with Crippen molar-refractivity contribution in [1.82, 2.24) is 28.2 Å². The summed E-state index contributed by atoms with van der Waals surface area (Å²) >= 11 is 0. The molecule has 0 aliphatic carbocycles. The first-order chi connectivity index (χ1) is 13.3. The largest absolute Gasteiger partial charge is 0.397 e. The van der Waals surface area contributed by atoms with Crippen LogP contribution in [0.25, 0.3) is 10.8 Å². The van der Waals surface area contributed by atoms with Gasteiger partial charge in [-0.05, 0) is 18.2 Å². The summed E-state index contributed by atoms with van der Waals surface area (Å²) in [6.45, 7) is 0. The number of hydrogen-bond donors (Lipinski definition) is 8. The van der Waals surface area contributed by atoms with Crippen LogP contribution < -0.4 is 34.7 Å². The maximum Gasteiger partial charge on any atom is 0.348 e. The molecule has 0 radical (unpaired) electrons. The molecule has 4 amide bonds. The number of nitrogens with one attached hydrogen (secondary N) is 2. The van der Waals surface area contributed by atoms with E-state index in [9.17, 15) is 40.3 Å². The number of urea groups is 1. The molecular weight excluding hydrogens is 462 g/mol. The third-order valence-electron chi connectivity index (χ3n) is 4.00. The Balaban J connectivity index is 0.00000240. The minimum Gasteiger partial charge on any atom is -0.397 e. The molecule has 0 spiro atoms. The van der Waals surface area contributed by atoms with E-state index in [1.165, 1.54) is 0 Å². The first-order valence-corrected chi connectivity index (χ1v) is 10.2. The average molecular weight is 479 g/mol. The van der Waals surface area contributed by atoms with Gasteiger partial charge in [0.15, 0.2) is 0 Å². The van der Waals surface area contributed by atoms with Crippen LogP contribution in [0.1, 0.15) is 20.7 Å². The molecule has 1 heterocycles. The van der Waals surface area contributed by atoms with Gasteiger partial charge in [0.1, 0.15) is 4.90 Å². The van der Waals surface area contributed by atoms with Crippen LogP contribution in [-0.4, -0.2) is 48.8 Å². The Kier molecular flexibility index (Phi) is 6.65. The Hall–Kier alpha value is -3.39. The third kappa shape index (κ3) is 4.11. The number of carbonyl (C=O) groups excluding carboxylic acids is 3. The lowest BCUT2D eigenvalue weighted by atomic mass is 9.93. The lowest BCUT2D eigenvalue weighted by Gasteiger charge is -2.28. The minimum absolute atomic E-state index is 0. The average Bonchev–Trinajstić information content (AvgIpc) is 2.61. The molecule has 16 nitrogen and oxygen atoms in total. The summed E-state index contributed by atoms with van der Waals surface area (Å²) in [6.07, 6.45) is 0. The summed E-state index contributed by atoms with van der Waals surface area (Å²) in [5.41, 5.74) is 7.42. The van der Waals surface area contributed by atoms with Gasteiger partial charge in [-0.2, -0.15) is 21.8 Å². The monoisotopic (exact) mass is 479 g/mol. The number of nitrogen functional groups attached to an aromatic ring is 1. The zero-order valence-corrected chi connectivity index (χ0v) is 16.9. The maximum absolute atomic E-state index is 12.7. The van der Waals surface area contributed by atoms with Crippen LogP contribution in [-0.2, 0) is 20.2 Å². The van der Waals surface area contributed by atoms with Crippen molar-refractivity contribution >= 4 is 54.5 Å². The minimum atomic E-state index is -4.99. The van der Waals surface area contributed by atoms with Crippen molar-refractivity contribution in [2.24, 2.45) is 5.84 Å². The number of carbonyl (C=O) groups is 3. The Labute approximate surface area is 174 Å². The van der Waals surface area contributed by atoms with E-state index < -0.39 is 70.1 Å². The summed E-state index contributed by atoms with van der Waals surface area (Å²) in [5.74, 6) is 2.44. The molecule has 1 aliphatic heterocycles. The highest BCUT2D eigenvalue weighted by molar-refractivity contribution is 7.86. The zero-order chi connectivity index (χ0) is 21.9. The van der Waals surface area contributed by atoms with Crippen LogP contribution in [0.2, 0.25) is 0 Å². The van der Waals surface area contributed by atoms with Gasteiger partial charge in [-0.1, -0.05) is 0 Å². The van der Waals surface area contributed by atoms with Crippen molar-refractivity contribution in [3.05, 3.63) is 29.3 Å². The molecule has 0 unspecified atom stereocenters. The first kappa shape index (κ1) is 25.6. The number of hydrogen-bond acceptors (Lipinski definition) is 11. The highest BCUT2D eigenvalue weighted by Gasteiger charge is 2.37. The van der Waals surface area contributed by atoms with E-state index in [-0.39, 0.29) is 22.7 Å². The van der Waals surface area contributed by atoms with Gasteiger partial charge in [0.2, 0.25) is 0 Å². The molecule has 0 saturated heterocycles. The Bertz CT molecular complexity index is 1320. The number of nitrogens with zero attached hydrogens (tertiary/aromatic N) is 1. The molecule has 2 aromatic rings. The van der Waals surface area contributed by atoms with Crippen molar-refractivity contribution < 1.29 is 40.3 Å². The summed E-state index contributed by atoms with van der Waals surface area (Å²) in [4.78, 5) is 35.0. The van der Waals surface area contributed by atoms with Crippen LogP contribution in [0.15, 0.2) is 28.0 Å².